The summed E-state index contributed by atoms with van der Waals surface area (Å²) in [6.45, 7) is 5.42. The van der Waals surface area contributed by atoms with Gasteiger partial charge in [-0.05, 0) is 44.5 Å². The van der Waals surface area contributed by atoms with E-state index < -0.39 is 15.9 Å². The molecule has 0 unspecified atom stereocenters. The maximum atomic E-state index is 13.5. The number of hydrogen-bond donors (Lipinski definition) is 1. The molecule has 0 saturated heterocycles. The van der Waals surface area contributed by atoms with Crippen LogP contribution in [-0.4, -0.2) is 41.1 Å². The number of benzene rings is 2. The zero-order valence-electron chi connectivity index (χ0n) is 18.1. The van der Waals surface area contributed by atoms with E-state index in [1.54, 1.807) is 30.3 Å². The molecule has 0 aromatic heterocycles. The third kappa shape index (κ3) is 5.66. The molecule has 0 spiro atoms. The van der Waals surface area contributed by atoms with Crippen LogP contribution in [0.1, 0.15) is 32.3 Å². The van der Waals surface area contributed by atoms with E-state index in [1.165, 1.54) is 26.4 Å². The van der Waals surface area contributed by atoms with Crippen molar-refractivity contribution in [2.75, 3.05) is 25.1 Å². The average Bonchev–Trinajstić information content (AvgIpc) is 2.71. The van der Waals surface area contributed by atoms with E-state index in [1.807, 2.05) is 20.8 Å². The Morgan fingerprint density at radius 2 is 1.77 bits per heavy atom. The summed E-state index contributed by atoms with van der Waals surface area (Å²) in [6, 6.07) is 11.3. The molecule has 1 amide bonds. The summed E-state index contributed by atoms with van der Waals surface area (Å²) in [7, 11) is -1.10. The normalized spacial score (nSPS) is 12.2. The van der Waals surface area contributed by atoms with E-state index in [0.717, 1.165) is 22.7 Å². The third-order valence-electron chi connectivity index (χ3n) is 4.68. The minimum absolute atomic E-state index is 0.0568. The number of methoxy groups -OCH3 is 2. The van der Waals surface area contributed by atoms with Crippen molar-refractivity contribution in [3.8, 4) is 11.5 Å². The lowest BCUT2D eigenvalue weighted by Crippen LogP contribution is -2.43. The quantitative estimate of drug-likeness (QED) is 0.619. The summed E-state index contributed by atoms with van der Waals surface area (Å²) >= 11 is 0. The van der Waals surface area contributed by atoms with Crippen molar-refractivity contribution in [3.05, 3.63) is 48.0 Å². The molecule has 1 N–H and O–H groups in total. The topological polar surface area (TPSA) is 84.9 Å². The van der Waals surface area contributed by atoms with Crippen molar-refractivity contribution in [2.24, 2.45) is 0 Å². The first-order valence-corrected chi connectivity index (χ1v) is 11.3. The number of ether oxygens (including phenoxy) is 2. The second kappa shape index (κ2) is 10.3. The van der Waals surface area contributed by atoms with Crippen LogP contribution in [0.25, 0.3) is 0 Å². The van der Waals surface area contributed by atoms with Crippen LogP contribution >= 0.6 is 0 Å². The van der Waals surface area contributed by atoms with E-state index in [-0.39, 0.29) is 23.2 Å². The molecule has 0 aliphatic rings. The molecule has 2 aromatic rings. The average molecular weight is 435 g/mol. The van der Waals surface area contributed by atoms with Crippen LogP contribution in [0.3, 0.4) is 0 Å². The van der Waals surface area contributed by atoms with Crippen molar-refractivity contribution in [3.63, 3.8) is 0 Å². The molecular weight excluding hydrogens is 404 g/mol. The van der Waals surface area contributed by atoms with Crippen LogP contribution in [-0.2, 0) is 14.8 Å². The Morgan fingerprint density at radius 1 is 1.10 bits per heavy atom. The first-order chi connectivity index (χ1) is 14.2. The van der Waals surface area contributed by atoms with Gasteiger partial charge in [0.05, 0.1) is 24.8 Å². The summed E-state index contributed by atoms with van der Waals surface area (Å²) in [4.78, 5) is 12.8. The molecule has 0 saturated carbocycles. The third-order valence-corrected chi connectivity index (χ3v) is 6.45. The predicted octanol–water partition coefficient (Wildman–Crippen LogP) is 3.51. The van der Waals surface area contributed by atoms with E-state index in [2.05, 4.69) is 5.32 Å². The maximum Gasteiger partial charge on any atom is 0.264 e. The Morgan fingerprint density at radius 3 is 2.33 bits per heavy atom. The van der Waals surface area contributed by atoms with Crippen molar-refractivity contribution >= 4 is 21.6 Å². The summed E-state index contributed by atoms with van der Waals surface area (Å²) < 4.78 is 38.7. The fourth-order valence-electron chi connectivity index (χ4n) is 3.08. The zero-order valence-corrected chi connectivity index (χ0v) is 19.0. The first-order valence-electron chi connectivity index (χ1n) is 9.83. The Labute approximate surface area is 179 Å². The second-order valence-corrected chi connectivity index (χ2v) is 8.98. The number of hydrogen-bond acceptors (Lipinski definition) is 5. The highest BCUT2D eigenvalue weighted by Crippen LogP contribution is 2.35. The Kier molecular flexibility index (Phi) is 8.11. The number of carbonyl (C=O) groups is 1. The molecule has 0 radical (unpaired) electrons. The van der Waals surface area contributed by atoms with Gasteiger partial charge in [-0.3, -0.25) is 9.10 Å². The molecule has 1 atom stereocenters. The highest BCUT2D eigenvalue weighted by molar-refractivity contribution is 7.92. The number of nitrogens with zero attached hydrogens (tertiary/aromatic N) is 1. The Balaban J connectivity index is 2.53. The Bertz CT molecular complexity index is 958. The standard InChI is InChI=1S/C22H30N2O5S/c1-6-7-17(3)23-22(25)15-24(20-14-18(28-4)10-13-21(20)29-5)30(26,27)19-11-8-16(2)9-12-19/h8-14,17H,6-7,15H2,1-5H3,(H,23,25)/t17-/m1/s1. The summed E-state index contributed by atoms with van der Waals surface area (Å²) in [5.74, 6) is 0.382. The van der Waals surface area contributed by atoms with Crippen LogP contribution in [0, 0.1) is 6.92 Å². The minimum Gasteiger partial charge on any atom is -0.497 e. The van der Waals surface area contributed by atoms with Gasteiger partial charge in [0, 0.05) is 12.1 Å². The van der Waals surface area contributed by atoms with Gasteiger partial charge in [-0.15, -0.1) is 0 Å². The van der Waals surface area contributed by atoms with Gasteiger partial charge in [0.15, 0.2) is 0 Å². The first kappa shape index (κ1) is 23.5. The molecule has 30 heavy (non-hydrogen) atoms. The number of anilines is 1. The molecule has 0 heterocycles. The van der Waals surface area contributed by atoms with Crippen LogP contribution in [0.4, 0.5) is 5.69 Å². The summed E-state index contributed by atoms with van der Waals surface area (Å²) in [5.41, 5.74) is 1.17. The van der Waals surface area contributed by atoms with Crippen LogP contribution in [0.15, 0.2) is 47.4 Å². The molecule has 164 valence electrons. The molecule has 0 bridgehead atoms. The van der Waals surface area contributed by atoms with Gasteiger partial charge in [0.25, 0.3) is 10.0 Å². The lowest BCUT2D eigenvalue weighted by atomic mass is 10.2. The van der Waals surface area contributed by atoms with E-state index >= 15 is 0 Å². The fourth-order valence-corrected chi connectivity index (χ4v) is 4.51. The molecule has 7 nitrogen and oxygen atoms in total. The lowest BCUT2D eigenvalue weighted by molar-refractivity contribution is -0.120. The zero-order chi connectivity index (χ0) is 22.3. The summed E-state index contributed by atoms with van der Waals surface area (Å²) in [5, 5.41) is 2.86. The number of carbonyl (C=O) groups excluding carboxylic acids is 1. The largest absolute Gasteiger partial charge is 0.497 e. The van der Waals surface area contributed by atoms with Gasteiger partial charge >= 0.3 is 0 Å². The SMILES string of the molecule is CCC[C@@H](C)NC(=O)CN(c1cc(OC)ccc1OC)S(=O)(=O)c1ccc(C)cc1. The van der Waals surface area contributed by atoms with Crippen molar-refractivity contribution < 1.29 is 22.7 Å². The van der Waals surface area contributed by atoms with E-state index in [0.29, 0.717) is 11.5 Å². The maximum absolute atomic E-state index is 13.5. The Hall–Kier alpha value is -2.74. The number of aryl methyl sites for hydroxylation is 1. The molecular formula is C22H30N2O5S. The monoisotopic (exact) mass is 434 g/mol. The molecule has 8 heteroatoms. The second-order valence-electron chi connectivity index (χ2n) is 7.12. The van der Waals surface area contributed by atoms with Gasteiger partial charge in [-0.25, -0.2) is 8.42 Å². The van der Waals surface area contributed by atoms with Gasteiger partial charge in [-0.2, -0.15) is 0 Å². The van der Waals surface area contributed by atoms with E-state index in [9.17, 15) is 13.2 Å². The van der Waals surface area contributed by atoms with Gasteiger partial charge in [-0.1, -0.05) is 31.0 Å². The summed E-state index contributed by atoms with van der Waals surface area (Å²) in [6.07, 6.45) is 1.72. The van der Waals surface area contributed by atoms with Gasteiger partial charge < -0.3 is 14.8 Å². The smallest absolute Gasteiger partial charge is 0.264 e. The number of rotatable bonds is 10. The molecule has 0 aliphatic heterocycles. The fraction of sp³-hybridized carbons (Fsp3) is 0.409. The van der Waals surface area contributed by atoms with Crippen LogP contribution in [0.5, 0.6) is 11.5 Å². The van der Waals surface area contributed by atoms with Crippen molar-refractivity contribution in [1.29, 1.82) is 0 Å². The number of sulfonamides is 1. The van der Waals surface area contributed by atoms with Crippen LogP contribution in [0.2, 0.25) is 0 Å². The molecule has 2 aromatic carbocycles. The number of amides is 1. The van der Waals surface area contributed by atoms with Crippen molar-refractivity contribution in [2.45, 2.75) is 44.6 Å². The van der Waals surface area contributed by atoms with Crippen molar-refractivity contribution in [1.82, 2.24) is 5.32 Å². The minimum atomic E-state index is -4.03. The molecule has 0 fully saturated rings. The highest BCUT2D eigenvalue weighted by atomic mass is 32.2. The lowest BCUT2D eigenvalue weighted by Gasteiger charge is -2.26. The van der Waals surface area contributed by atoms with E-state index in [4.69, 9.17) is 9.47 Å². The highest BCUT2D eigenvalue weighted by Gasteiger charge is 2.30. The van der Waals surface area contributed by atoms with Crippen LogP contribution < -0.4 is 19.1 Å². The van der Waals surface area contributed by atoms with Gasteiger partial charge in [0.1, 0.15) is 18.0 Å². The van der Waals surface area contributed by atoms with Gasteiger partial charge in [0.2, 0.25) is 5.91 Å². The molecule has 0 aliphatic carbocycles. The molecule has 2 rings (SSSR count). The number of nitrogens with one attached hydrogen (secondary N) is 1. The predicted molar refractivity (Wildman–Crippen MR) is 118 cm³/mol.